The summed E-state index contributed by atoms with van der Waals surface area (Å²) >= 11 is 22.9. The molecule has 1 unspecified atom stereocenters. The second-order valence-corrected chi connectivity index (χ2v) is 6.65. The van der Waals surface area contributed by atoms with E-state index in [0.717, 1.165) is 14.8 Å². The van der Waals surface area contributed by atoms with E-state index >= 15 is 0 Å². The Kier molecular flexibility index (Phi) is 4.20. The Labute approximate surface area is 121 Å². The van der Waals surface area contributed by atoms with Crippen LogP contribution in [0.25, 0.3) is 0 Å². The Bertz CT molecular complexity index is 510. The molecule has 0 aliphatic carbocycles. The van der Waals surface area contributed by atoms with E-state index in [2.05, 4.69) is 15.9 Å². The van der Waals surface area contributed by atoms with E-state index in [1.807, 2.05) is 24.3 Å². The lowest BCUT2D eigenvalue weighted by molar-refractivity contribution is 1.23. The Morgan fingerprint density at radius 2 is 1.75 bits per heavy atom. The molecule has 84 valence electrons. The number of hydrogen-bond acceptors (Lipinski definition) is 1. The van der Waals surface area contributed by atoms with E-state index in [1.165, 1.54) is 0 Å². The fraction of sp³-hybridized carbons (Fsp3) is 0.0909. The molecule has 0 amide bonds. The quantitative estimate of drug-likeness (QED) is 0.563. The predicted octanol–water partition coefficient (Wildman–Crippen LogP) is 6.19. The van der Waals surface area contributed by atoms with Gasteiger partial charge >= 0.3 is 0 Å². The smallest absolute Gasteiger partial charge is 0.0931 e. The lowest BCUT2D eigenvalue weighted by Crippen LogP contribution is -1.89. The minimum absolute atomic E-state index is 0.0970. The largest absolute Gasteiger partial charge is 0.127 e. The second-order valence-electron chi connectivity index (χ2n) is 3.18. The van der Waals surface area contributed by atoms with Gasteiger partial charge in [0.2, 0.25) is 0 Å². The van der Waals surface area contributed by atoms with Crippen LogP contribution in [0.4, 0.5) is 0 Å². The molecule has 2 aromatic rings. The molecule has 1 aromatic heterocycles. The maximum Gasteiger partial charge on any atom is 0.0931 e. The normalized spacial score (nSPS) is 12.8. The van der Waals surface area contributed by atoms with Gasteiger partial charge in [0, 0.05) is 4.88 Å². The van der Waals surface area contributed by atoms with Crippen molar-refractivity contribution in [2.75, 3.05) is 0 Å². The number of thiophene rings is 1. The third kappa shape index (κ3) is 2.74. The fourth-order valence-electron chi connectivity index (χ4n) is 1.30. The van der Waals surface area contributed by atoms with Crippen LogP contribution >= 0.6 is 62.1 Å². The zero-order valence-electron chi connectivity index (χ0n) is 7.88. The van der Waals surface area contributed by atoms with Crippen LogP contribution in [0.1, 0.15) is 15.3 Å². The molecule has 0 N–H and O–H groups in total. The van der Waals surface area contributed by atoms with E-state index in [9.17, 15) is 0 Å². The third-order valence-electron chi connectivity index (χ3n) is 2.08. The molecule has 1 aromatic carbocycles. The molecule has 0 spiro atoms. The monoisotopic (exact) mass is 354 g/mol. The Morgan fingerprint density at radius 3 is 2.31 bits per heavy atom. The maximum absolute atomic E-state index is 5.98. The van der Waals surface area contributed by atoms with Gasteiger partial charge in [0.05, 0.1) is 19.2 Å². The summed E-state index contributed by atoms with van der Waals surface area (Å²) in [6.45, 7) is 0. The van der Waals surface area contributed by atoms with Crippen LogP contribution in [-0.2, 0) is 0 Å². The molecular formula is C11H6BrCl3S. The van der Waals surface area contributed by atoms with Crippen LogP contribution in [0.3, 0.4) is 0 Å². The first kappa shape index (κ1) is 12.7. The molecule has 0 nitrogen and oxygen atoms in total. The molecule has 1 atom stereocenters. The van der Waals surface area contributed by atoms with Gasteiger partial charge < -0.3 is 0 Å². The van der Waals surface area contributed by atoms with Crippen molar-refractivity contribution in [1.82, 2.24) is 0 Å². The van der Waals surface area contributed by atoms with Crippen molar-refractivity contribution in [3.05, 3.63) is 55.2 Å². The van der Waals surface area contributed by atoms with Crippen molar-refractivity contribution in [1.29, 1.82) is 0 Å². The van der Waals surface area contributed by atoms with Gasteiger partial charge in [-0.1, -0.05) is 56.8 Å². The summed E-state index contributed by atoms with van der Waals surface area (Å²) in [5.41, 5.74) is 1.06. The summed E-state index contributed by atoms with van der Waals surface area (Å²) in [6.07, 6.45) is 0. The molecule has 0 bridgehead atoms. The van der Waals surface area contributed by atoms with Crippen LogP contribution in [0.2, 0.25) is 14.4 Å². The van der Waals surface area contributed by atoms with Crippen LogP contribution in [0, 0.1) is 0 Å². The average molecular weight is 356 g/mol. The second kappa shape index (κ2) is 5.28. The van der Waals surface area contributed by atoms with Gasteiger partial charge in [0.15, 0.2) is 0 Å². The first-order valence-corrected chi connectivity index (χ1v) is 7.29. The van der Waals surface area contributed by atoms with Crippen LogP contribution < -0.4 is 0 Å². The van der Waals surface area contributed by atoms with Crippen molar-refractivity contribution in [2.24, 2.45) is 0 Å². The van der Waals surface area contributed by atoms with Crippen molar-refractivity contribution in [2.45, 2.75) is 4.83 Å². The SMILES string of the molecule is Clc1ccc(C(Br)c2ccc(Cl)c(Cl)c2)s1. The highest BCUT2D eigenvalue weighted by Gasteiger charge is 2.13. The zero-order valence-corrected chi connectivity index (χ0v) is 12.6. The Balaban J connectivity index is 2.33. The fourth-order valence-corrected chi connectivity index (χ4v) is 3.39. The summed E-state index contributed by atoms with van der Waals surface area (Å²) in [4.78, 5) is 1.24. The highest BCUT2D eigenvalue weighted by atomic mass is 79.9. The lowest BCUT2D eigenvalue weighted by atomic mass is 10.1. The number of halogens is 4. The van der Waals surface area contributed by atoms with E-state index in [0.29, 0.717) is 10.0 Å². The minimum Gasteiger partial charge on any atom is -0.127 e. The molecule has 1 heterocycles. The number of alkyl halides is 1. The molecule has 0 saturated carbocycles. The van der Waals surface area contributed by atoms with E-state index < -0.39 is 0 Å². The third-order valence-corrected chi connectivity index (χ3v) is 5.44. The number of rotatable bonds is 2. The molecule has 0 radical (unpaired) electrons. The lowest BCUT2D eigenvalue weighted by Gasteiger charge is -2.08. The summed E-state index contributed by atoms with van der Waals surface area (Å²) in [7, 11) is 0. The van der Waals surface area contributed by atoms with Crippen LogP contribution in [-0.4, -0.2) is 0 Å². The van der Waals surface area contributed by atoms with Gasteiger partial charge in [0.25, 0.3) is 0 Å². The average Bonchev–Trinajstić information content (AvgIpc) is 2.68. The summed E-state index contributed by atoms with van der Waals surface area (Å²) in [5.74, 6) is 0. The van der Waals surface area contributed by atoms with Gasteiger partial charge in [-0.2, -0.15) is 0 Å². The maximum atomic E-state index is 5.98. The summed E-state index contributed by atoms with van der Waals surface area (Å²) < 4.78 is 0.777. The molecule has 0 aliphatic heterocycles. The van der Waals surface area contributed by atoms with Gasteiger partial charge in [0.1, 0.15) is 0 Å². The molecule has 0 fully saturated rings. The minimum atomic E-state index is 0.0970. The summed E-state index contributed by atoms with van der Waals surface area (Å²) in [5, 5.41) is 1.13. The van der Waals surface area contributed by atoms with Gasteiger partial charge in [-0.25, -0.2) is 0 Å². The molecule has 0 aliphatic rings. The van der Waals surface area contributed by atoms with Crippen molar-refractivity contribution in [3.63, 3.8) is 0 Å². The van der Waals surface area contributed by atoms with Crippen molar-refractivity contribution < 1.29 is 0 Å². The van der Waals surface area contributed by atoms with E-state index in [4.69, 9.17) is 34.8 Å². The Hall–Kier alpha value is 0.270. The summed E-state index contributed by atoms with van der Waals surface area (Å²) in [6, 6.07) is 9.48. The van der Waals surface area contributed by atoms with Gasteiger partial charge in [-0.15, -0.1) is 11.3 Å². The van der Waals surface area contributed by atoms with Crippen LogP contribution in [0.5, 0.6) is 0 Å². The highest BCUT2D eigenvalue weighted by molar-refractivity contribution is 9.09. The zero-order chi connectivity index (χ0) is 11.7. The van der Waals surface area contributed by atoms with E-state index in [-0.39, 0.29) is 4.83 Å². The number of benzene rings is 1. The number of hydrogen-bond donors (Lipinski definition) is 0. The predicted molar refractivity (Wildman–Crippen MR) is 76.6 cm³/mol. The topological polar surface area (TPSA) is 0 Å². The first-order chi connectivity index (χ1) is 7.58. The van der Waals surface area contributed by atoms with Crippen LogP contribution in [0.15, 0.2) is 30.3 Å². The molecule has 0 saturated heterocycles. The van der Waals surface area contributed by atoms with E-state index in [1.54, 1.807) is 17.4 Å². The van der Waals surface area contributed by atoms with Crippen molar-refractivity contribution in [3.8, 4) is 0 Å². The van der Waals surface area contributed by atoms with Gasteiger partial charge in [-0.05, 0) is 29.8 Å². The molecule has 2 rings (SSSR count). The standard InChI is InChI=1S/C11H6BrCl3S/c12-11(9-3-4-10(15)16-9)6-1-2-7(13)8(14)5-6/h1-5,11H. The van der Waals surface area contributed by atoms with Crippen molar-refractivity contribution >= 4 is 62.1 Å². The molecular weight excluding hydrogens is 350 g/mol. The Morgan fingerprint density at radius 1 is 1.00 bits per heavy atom. The molecule has 16 heavy (non-hydrogen) atoms. The highest BCUT2D eigenvalue weighted by Crippen LogP contribution is 2.38. The van der Waals surface area contributed by atoms with Gasteiger partial charge in [-0.3, -0.25) is 0 Å². The first-order valence-electron chi connectivity index (χ1n) is 4.42. The molecule has 5 heteroatoms.